The van der Waals surface area contributed by atoms with Crippen molar-refractivity contribution < 1.29 is 0 Å². The van der Waals surface area contributed by atoms with Crippen molar-refractivity contribution in [3.05, 3.63) is 152 Å². The van der Waals surface area contributed by atoms with Gasteiger partial charge in [0.15, 0.2) is 0 Å². The standard InChI is InChI=1S/C38H25N2P/c1-3-11-29(12-4-1)41(30-13-5-2-6-14-30)31-22-19-28(20-23-31)37-33-24-21-26-17-18-27-10-9-25-39-38(27)35(26)36(33)32-15-7-8-16-34(32)40-37/h1-25H. The Morgan fingerprint density at radius 2 is 1.07 bits per heavy atom. The summed E-state index contributed by atoms with van der Waals surface area (Å²) in [7, 11) is -0.662. The van der Waals surface area contributed by atoms with Crippen molar-refractivity contribution in [2.45, 2.75) is 0 Å². The van der Waals surface area contributed by atoms with Crippen molar-refractivity contribution in [1.82, 2.24) is 9.97 Å². The SMILES string of the molecule is c1ccc(P(c2ccccc2)c2ccc(-c3nc4ccccc4c4c3ccc3ccc5cccnc5c34)cc2)cc1. The van der Waals surface area contributed by atoms with Gasteiger partial charge in [-0.1, -0.05) is 133 Å². The first-order valence-electron chi connectivity index (χ1n) is 13.8. The predicted molar refractivity (Wildman–Crippen MR) is 176 cm³/mol. The first-order valence-corrected chi connectivity index (χ1v) is 15.2. The van der Waals surface area contributed by atoms with Gasteiger partial charge in [-0.3, -0.25) is 4.98 Å². The lowest BCUT2D eigenvalue weighted by Crippen LogP contribution is -2.20. The minimum absolute atomic E-state index is 0.662. The smallest absolute Gasteiger partial charge is 0.0788 e. The number of hydrogen-bond acceptors (Lipinski definition) is 2. The molecule has 0 aliphatic heterocycles. The highest BCUT2D eigenvalue weighted by Gasteiger charge is 2.18. The van der Waals surface area contributed by atoms with Crippen LogP contribution in [0.25, 0.3) is 54.6 Å². The van der Waals surface area contributed by atoms with Gasteiger partial charge in [0, 0.05) is 38.7 Å². The van der Waals surface area contributed by atoms with E-state index in [0.29, 0.717) is 0 Å². The van der Waals surface area contributed by atoms with E-state index in [0.717, 1.165) is 38.4 Å². The molecule has 192 valence electrons. The van der Waals surface area contributed by atoms with Crippen molar-refractivity contribution >= 4 is 67.2 Å². The lowest BCUT2D eigenvalue weighted by molar-refractivity contribution is 1.42. The van der Waals surface area contributed by atoms with Gasteiger partial charge in [0.1, 0.15) is 0 Å². The number of pyridine rings is 2. The Morgan fingerprint density at radius 3 is 1.83 bits per heavy atom. The Morgan fingerprint density at radius 1 is 0.439 bits per heavy atom. The molecule has 0 atom stereocenters. The van der Waals surface area contributed by atoms with Gasteiger partial charge in [0.2, 0.25) is 0 Å². The monoisotopic (exact) mass is 540 g/mol. The molecule has 0 N–H and O–H groups in total. The molecule has 8 rings (SSSR count). The van der Waals surface area contributed by atoms with E-state index < -0.39 is 7.92 Å². The number of fused-ring (bicyclic) bond motifs is 7. The second kappa shape index (κ2) is 9.93. The van der Waals surface area contributed by atoms with Crippen molar-refractivity contribution in [2.75, 3.05) is 0 Å². The van der Waals surface area contributed by atoms with Crippen LogP contribution in [0, 0.1) is 0 Å². The lowest BCUT2D eigenvalue weighted by Gasteiger charge is -2.20. The van der Waals surface area contributed by atoms with Gasteiger partial charge in [0.05, 0.1) is 16.7 Å². The van der Waals surface area contributed by atoms with E-state index in [9.17, 15) is 0 Å². The highest BCUT2D eigenvalue weighted by atomic mass is 31.1. The first-order chi connectivity index (χ1) is 20.3. The second-order valence-corrected chi connectivity index (χ2v) is 12.5. The quantitative estimate of drug-likeness (QED) is 0.165. The summed E-state index contributed by atoms with van der Waals surface area (Å²) < 4.78 is 0. The van der Waals surface area contributed by atoms with E-state index in [4.69, 9.17) is 9.97 Å². The predicted octanol–water partition coefficient (Wildman–Crippen LogP) is 8.51. The van der Waals surface area contributed by atoms with E-state index in [1.165, 1.54) is 32.1 Å². The molecule has 2 nitrogen and oxygen atoms in total. The molecule has 6 aromatic carbocycles. The van der Waals surface area contributed by atoms with Crippen LogP contribution in [0.15, 0.2) is 152 Å². The number of aromatic nitrogens is 2. The third-order valence-corrected chi connectivity index (χ3v) is 10.3. The number of rotatable bonds is 4. The maximum Gasteiger partial charge on any atom is 0.0788 e. The maximum atomic E-state index is 5.24. The number of para-hydroxylation sites is 1. The van der Waals surface area contributed by atoms with Crippen LogP contribution in [-0.4, -0.2) is 9.97 Å². The molecule has 0 bridgehead atoms. The Balaban J connectivity index is 1.36. The average molecular weight is 541 g/mol. The van der Waals surface area contributed by atoms with Gasteiger partial charge in [-0.15, -0.1) is 0 Å². The van der Waals surface area contributed by atoms with Gasteiger partial charge in [-0.25, -0.2) is 4.98 Å². The highest BCUT2D eigenvalue weighted by Crippen LogP contribution is 2.40. The van der Waals surface area contributed by atoms with Crippen LogP contribution in [0.5, 0.6) is 0 Å². The average Bonchev–Trinajstić information content (AvgIpc) is 3.05. The van der Waals surface area contributed by atoms with E-state index in [1.807, 2.05) is 12.3 Å². The van der Waals surface area contributed by atoms with Crippen LogP contribution >= 0.6 is 7.92 Å². The Kier molecular flexibility index (Phi) is 5.80. The summed E-state index contributed by atoms with van der Waals surface area (Å²) in [4.78, 5) is 10.1. The summed E-state index contributed by atoms with van der Waals surface area (Å²) >= 11 is 0. The molecule has 0 saturated heterocycles. The van der Waals surface area contributed by atoms with Crippen molar-refractivity contribution in [3.8, 4) is 11.3 Å². The zero-order valence-corrected chi connectivity index (χ0v) is 23.2. The Labute approximate surface area is 239 Å². The summed E-state index contributed by atoms with van der Waals surface area (Å²) in [5.74, 6) is 0. The Bertz CT molecular complexity index is 2150. The van der Waals surface area contributed by atoms with Gasteiger partial charge >= 0.3 is 0 Å². The fraction of sp³-hybridized carbons (Fsp3) is 0. The van der Waals surface area contributed by atoms with Crippen LogP contribution in [-0.2, 0) is 0 Å². The molecular weight excluding hydrogens is 515 g/mol. The molecule has 8 aromatic rings. The molecule has 0 unspecified atom stereocenters. The zero-order chi connectivity index (χ0) is 27.2. The maximum absolute atomic E-state index is 5.24. The third-order valence-electron chi connectivity index (χ3n) is 7.84. The summed E-state index contributed by atoms with van der Waals surface area (Å²) in [6.45, 7) is 0. The van der Waals surface area contributed by atoms with Crippen LogP contribution in [0.3, 0.4) is 0 Å². The normalized spacial score (nSPS) is 11.6. The summed E-state index contributed by atoms with van der Waals surface area (Å²) in [6, 6.07) is 52.2. The molecule has 3 heteroatoms. The largest absolute Gasteiger partial charge is 0.256 e. The Hall–Kier alpha value is -4.91. The van der Waals surface area contributed by atoms with Crippen molar-refractivity contribution in [1.29, 1.82) is 0 Å². The van der Waals surface area contributed by atoms with E-state index in [1.54, 1.807) is 0 Å². The summed E-state index contributed by atoms with van der Waals surface area (Å²) in [5.41, 5.74) is 4.15. The van der Waals surface area contributed by atoms with Crippen LogP contribution in [0.2, 0.25) is 0 Å². The van der Waals surface area contributed by atoms with E-state index >= 15 is 0 Å². The third kappa shape index (κ3) is 4.08. The summed E-state index contributed by atoms with van der Waals surface area (Å²) in [5, 5.41) is 11.1. The molecule has 0 amide bonds. The highest BCUT2D eigenvalue weighted by molar-refractivity contribution is 7.79. The van der Waals surface area contributed by atoms with Gasteiger partial charge in [-0.2, -0.15) is 0 Å². The summed E-state index contributed by atoms with van der Waals surface area (Å²) in [6.07, 6.45) is 1.89. The van der Waals surface area contributed by atoms with Gasteiger partial charge in [-0.05, 0) is 41.4 Å². The fourth-order valence-electron chi connectivity index (χ4n) is 5.98. The molecular formula is C38H25N2P. The second-order valence-electron chi connectivity index (χ2n) is 10.3. The molecule has 2 heterocycles. The van der Waals surface area contributed by atoms with Gasteiger partial charge in [0.25, 0.3) is 0 Å². The molecule has 0 saturated carbocycles. The van der Waals surface area contributed by atoms with Crippen molar-refractivity contribution in [2.24, 2.45) is 0 Å². The minimum atomic E-state index is -0.662. The van der Waals surface area contributed by atoms with E-state index in [-0.39, 0.29) is 0 Å². The van der Waals surface area contributed by atoms with Gasteiger partial charge < -0.3 is 0 Å². The molecule has 0 radical (unpaired) electrons. The van der Waals surface area contributed by atoms with E-state index in [2.05, 4.69) is 140 Å². The molecule has 41 heavy (non-hydrogen) atoms. The zero-order valence-electron chi connectivity index (χ0n) is 22.3. The molecule has 0 aliphatic carbocycles. The first kappa shape index (κ1) is 23.9. The molecule has 0 fully saturated rings. The lowest BCUT2D eigenvalue weighted by atomic mass is 9.94. The van der Waals surface area contributed by atoms with Crippen molar-refractivity contribution in [3.63, 3.8) is 0 Å². The number of benzene rings is 6. The number of hydrogen-bond donors (Lipinski definition) is 0. The molecule has 0 aliphatic rings. The van der Waals surface area contributed by atoms with Crippen LogP contribution < -0.4 is 15.9 Å². The van der Waals surface area contributed by atoms with Crippen LogP contribution in [0.1, 0.15) is 0 Å². The minimum Gasteiger partial charge on any atom is -0.256 e. The fourth-order valence-corrected chi connectivity index (χ4v) is 8.27. The topological polar surface area (TPSA) is 25.8 Å². The van der Waals surface area contributed by atoms with Crippen LogP contribution in [0.4, 0.5) is 0 Å². The molecule has 2 aromatic heterocycles. The molecule has 0 spiro atoms. The number of nitrogens with zero attached hydrogens (tertiary/aromatic N) is 2.